The van der Waals surface area contributed by atoms with Crippen LogP contribution in [0.25, 0.3) is 0 Å². The van der Waals surface area contributed by atoms with Crippen molar-refractivity contribution in [2.75, 3.05) is 0 Å². The Balaban J connectivity index is 3.92. The molecule has 0 aliphatic rings. The van der Waals surface area contributed by atoms with E-state index in [1.807, 2.05) is 13.8 Å². The maximum absolute atomic E-state index is 10.4. The largest absolute Gasteiger partial charge is 0.481 e. The number of aliphatic carboxylic acids is 1. The first-order valence-electron chi connectivity index (χ1n) is 4.51. The van der Waals surface area contributed by atoms with E-state index in [4.69, 9.17) is 5.11 Å². The molecule has 0 aromatic rings. The van der Waals surface area contributed by atoms with Gasteiger partial charge in [-0.3, -0.25) is 9.59 Å². The third kappa shape index (κ3) is 6.13. The molecule has 0 aliphatic heterocycles. The van der Waals surface area contributed by atoms with E-state index in [9.17, 15) is 9.59 Å². The summed E-state index contributed by atoms with van der Waals surface area (Å²) in [6, 6.07) is -0.232. The molecule has 0 bridgehead atoms. The van der Waals surface area contributed by atoms with Gasteiger partial charge in [-0.1, -0.05) is 20.3 Å². The molecule has 2 atom stereocenters. The van der Waals surface area contributed by atoms with Crippen LogP contribution < -0.4 is 5.32 Å². The molecule has 76 valence electrons. The van der Waals surface area contributed by atoms with Crippen LogP contribution in [-0.2, 0) is 9.59 Å². The Kier molecular flexibility index (Phi) is 5.93. The number of nitrogens with one attached hydrogen (secondary N) is 1. The van der Waals surface area contributed by atoms with E-state index in [0.717, 1.165) is 12.8 Å². The number of carboxylic acid groups (broad SMARTS) is 1. The zero-order valence-corrected chi connectivity index (χ0v) is 8.12. The number of amides is 1. The van der Waals surface area contributed by atoms with Gasteiger partial charge in [0.2, 0.25) is 6.41 Å². The molecule has 13 heavy (non-hydrogen) atoms. The molecule has 2 N–H and O–H groups in total. The van der Waals surface area contributed by atoms with Gasteiger partial charge in [-0.2, -0.15) is 0 Å². The van der Waals surface area contributed by atoms with Crippen molar-refractivity contribution in [3.05, 3.63) is 0 Å². The van der Waals surface area contributed by atoms with E-state index >= 15 is 0 Å². The van der Waals surface area contributed by atoms with Crippen LogP contribution in [0.5, 0.6) is 0 Å². The highest BCUT2D eigenvalue weighted by molar-refractivity contribution is 5.68. The maximum atomic E-state index is 10.4. The zero-order valence-electron chi connectivity index (χ0n) is 8.12. The summed E-state index contributed by atoms with van der Waals surface area (Å²) >= 11 is 0. The van der Waals surface area contributed by atoms with Gasteiger partial charge in [0.15, 0.2) is 0 Å². The zero-order chi connectivity index (χ0) is 10.3. The molecule has 4 nitrogen and oxygen atoms in total. The summed E-state index contributed by atoms with van der Waals surface area (Å²) in [6.45, 7) is 4.09. The third-order valence-electron chi connectivity index (χ3n) is 2.11. The lowest BCUT2D eigenvalue weighted by molar-refractivity contribution is -0.137. The van der Waals surface area contributed by atoms with Gasteiger partial charge in [0.1, 0.15) is 0 Å². The highest BCUT2D eigenvalue weighted by atomic mass is 16.4. The van der Waals surface area contributed by atoms with Crippen molar-refractivity contribution in [3.63, 3.8) is 0 Å². The van der Waals surface area contributed by atoms with Crippen LogP contribution in [0.1, 0.15) is 33.1 Å². The topological polar surface area (TPSA) is 66.4 Å². The molecule has 0 saturated carbocycles. The number of hydrogen-bond acceptors (Lipinski definition) is 2. The smallest absolute Gasteiger partial charge is 0.305 e. The van der Waals surface area contributed by atoms with Crippen molar-refractivity contribution in [1.29, 1.82) is 0 Å². The number of carboxylic acids is 1. The molecular weight excluding hydrogens is 170 g/mol. The predicted molar refractivity (Wildman–Crippen MR) is 49.3 cm³/mol. The minimum Gasteiger partial charge on any atom is -0.481 e. The Morgan fingerprint density at radius 2 is 2.23 bits per heavy atom. The van der Waals surface area contributed by atoms with Crippen LogP contribution >= 0.6 is 0 Å². The Morgan fingerprint density at radius 3 is 2.62 bits per heavy atom. The van der Waals surface area contributed by atoms with Gasteiger partial charge in [0, 0.05) is 6.04 Å². The minimum absolute atomic E-state index is 0.00306. The molecule has 0 saturated heterocycles. The summed E-state index contributed by atoms with van der Waals surface area (Å²) in [5.41, 5.74) is 0. The Labute approximate surface area is 78.3 Å². The molecule has 0 aliphatic carbocycles. The molecule has 4 heteroatoms. The average Bonchev–Trinajstić information content (AvgIpc) is 2.03. The van der Waals surface area contributed by atoms with Gasteiger partial charge in [-0.15, -0.1) is 0 Å². The monoisotopic (exact) mass is 187 g/mol. The second kappa shape index (κ2) is 6.46. The highest BCUT2D eigenvalue weighted by Crippen LogP contribution is 2.11. The standard InChI is InChI=1S/C9H17NO3/c1-3-7(2)4-8(10-6-11)5-9(12)13/h6-8H,3-5H2,1-2H3,(H,10,11)(H,12,13). The second-order valence-electron chi connectivity index (χ2n) is 3.33. The summed E-state index contributed by atoms with van der Waals surface area (Å²) in [4.78, 5) is 20.6. The van der Waals surface area contributed by atoms with Gasteiger partial charge in [-0.05, 0) is 12.3 Å². The first kappa shape index (κ1) is 11.9. The van der Waals surface area contributed by atoms with E-state index in [-0.39, 0.29) is 12.5 Å². The SMILES string of the molecule is CCC(C)CC(CC(=O)O)NC=O. The van der Waals surface area contributed by atoms with Crippen LogP contribution in [0.4, 0.5) is 0 Å². The molecule has 2 unspecified atom stereocenters. The Hall–Kier alpha value is -1.06. The van der Waals surface area contributed by atoms with Gasteiger partial charge < -0.3 is 10.4 Å². The quantitative estimate of drug-likeness (QED) is 0.584. The van der Waals surface area contributed by atoms with Gasteiger partial charge in [-0.25, -0.2) is 0 Å². The van der Waals surface area contributed by atoms with Crippen molar-refractivity contribution < 1.29 is 14.7 Å². The number of hydrogen-bond donors (Lipinski definition) is 2. The van der Waals surface area contributed by atoms with Crippen molar-refractivity contribution in [2.24, 2.45) is 5.92 Å². The van der Waals surface area contributed by atoms with E-state index in [2.05, 4.69) is 5.32 Å². The van der Waals surface area contributed by atoms with Gasteiger partial charge in [0.25, 0.3) is 0 Å². The van der Waals surface area contributed by atoms with Crippen LogP contribution in [-0.4, -0.2) is 23.5 Å². The molecule has 0 aromatic carbocycles. The second-order valence-corrected chi connectivity index (χ2v) is 3.33. The van der Waals surface area contributed by atoms with Crippen LogP contribution in [0.2, 0.25) is 0 Å². The first-order valence-corrected chi connectivity index (χ1v) is 4.51. The molecule has 0 aromatic heterocycles. The molecular formula is C9H17NO3. The molecule has 0 radical (unpaired) electrons. The minimum atomic E-state index is -0.873. The van der Waals surface area contributed by atoms with E-state index in [1.165, 1.54) is 0 Å². The molecule has 0 rings (SSSR count). The van der Waals surface area contributed by atoms with Gasteiger partial charge in [0.05, 0.1) is 6.42 Å². The van der Waals surface area contributed by atoms with E-state index in [0.29, 0.717) is 12.3 Å². The summed E-state index contributed by atoms with van der Waals surface area (Å²) in [5.74, 6) is -0.431. The number of carbonyl (C=O) groups is 2. The molecule has 1 amide bonds. The highest BCUT2D eigenvalue weighted by Gasteiger charge is 2.14. The van der Waals surface area contributed by atoms with Crippen molar-refractivity contribution >= 4 is 12.4 Å². The summed E-state index contributed by atoms with van der Waals surface area (Å²) < 4.78 is 0. The number of carbonyl (C=O) groups excluding carboxylic acids is 1. The average molecular weight is 187 g/mol. The van der Waals surface area contributed by atoms with Crippen LogP contribution in [0.15, 0.2) is 0 Å². The van der Waals surface area contributed by atoms with E-state index < -0.39 is 5.97 Å². The van der Waals surface area contributed by atoms with Crippen LogP contribution in [0.3, 0.4) is 0 Å². The lowest BCUT2D eigenvalue weighted by Gasteiger charge is -2.17. The Morgan fingerprint density at radius 1 is 1.62 bits per heavy atom. The van der Waals surface area contributed by atoms with Crippen LogP contribution in [0, 0.1) is 5.92 Å². The molecule has 0 heterocycles. The molecule has 0 fully saturated rings. The fourth-order valence-electron chi connectivity index (χ4n) is 1.17. The summed E-state index contributed by atoms with van der Waals surface area (Å²) in [7, 11) is 0. The summed E-state index contributed by atoms with van der Waals surface area (Å²) in [6.07, 6.45) is 2.29. The van der Waals surface area contributed by atoms with Crippen molar-refractivity contribution in [1.82, 2.24) is 5.32 Å². The Bertz CT molecular complexity index is 170. The lowest BCUT2D eigenvalue weighted by Crippen LogP contribution is -2.31. The number of rotatable bonds is 7. The van der Waals surface area contributed by atoms with Crippen molar-refractivity contribution in [2.45, 2.75) is 39.2 Å². The lowest BCUT2D eigenvalue weighted by atomic mass is 9.97. The van der Waals surface area contributed by atoms with Gasteiger partial charge >= 0.3 is 5.97 Å². The molecule has 0 spiro atoms. The maximum Gasteiger partial charge on any atom is 0.305 e. The van der Waals surface area contributed by atoms with Crippen molar-refractivity contribution in [3.8, 4) is 0 Å². The predicted octanol–water partition coefficient (Wildman–Crippen LogP) is 1.01. The fourth-order valence-corrected chi connectivity index (χ4v) is 1.17. The normalized spacial score (nSPS) is 14.6. The van der Waals surface area contributed by atoms with E-state index in [1.54, 1.807) is 0 Å². The summed E-state index contributed by atoms with van der Waals surface area (Å²) in [5, 5.41) is 11.1. The fraction of sp³-hybridized carbons (Fsp3) is 0.778. The first-order chi connectivity index (χ1) is 6.10. The third-order valence-corrected chi connectivity index (χ3v) is 2.11.